The molecule has 0 aromatic heterocycles. The Kier molecular flexibility index (Phi) is 7.47. The van der Waals surface area contributed by atoms with E-state index in [1.165, 1.54) is 10.3 Å². The maximum absolute atomic E-state index is 12.4. The lowest BCUT2D eigenvalue weighted by atomic mass is 9.86. The van der Waals surface area contributed by atoms with Gasteiger partial charge in [0.05, 0.1) is 24.8 Å². The molecule has 0 bridgehead atoms. The summed E-state index contributed by atoms with van der Waals surface area (Å²) in [6, 6.07) is 31.3. The monoisotopic (exact) mass is 495 g/mol. The Morgan fingerprint density at radius 1 is 0.811 bits per heavy atom. The van der Waals surface area contributed by atoms with Crippen LogP contribution in [0, 0.1) is 0 Å². The number of carbonyl (C=O) groups excluding carboxylic acids is 1. The van der Waals surface area contributed by atoms with E-state index in [-0.39, 0.29) is 24.6 Å². The van der Waals surface area contributed by atoms with Gasteiger partial charge in [0.15, 0.2) is 0 Å². The third-order valence-corrected chi connectivity index (χ3v) is 6.87. The van der Waals surface area contributed by atoms with Crippen LogP contribution >= 0.6 is 0 Å². The molecule has 1 N–H and O–H groups in total. The largest absolute Gasteiger partial charge is 0.465 e. The molecule has 0 saturated carbocycles. The summed E-state index contributed by atoms with van der Waals surface area (Å²) in [7, 11) is 0. The molecule has 2 atom stereocenters. The summed E-state index contributed by atoms with van der Waals surface area (Å²) in [6.45, 7) is 1.32. The number of ether oxygens (including phenoxy) is 2. The molecule has 0 spiro atoms. The number of piperidine rings is 1. The summed E-state index contributed by atoms with van der Waals surface area (Å²) in [5.41, 5.74) is 3.51. The molecule has 4 aromatic rings. The fourth-order valence-corrected chi connectivity index (χ4v) is 4.89. The molecule has 6 heteroatoms. The molecular weight excluding hydrogens is 466 g/mol. The van der Waals surface area contributed by atoms with Crippen molar-refractivity contribution >= 4 is 22.8 Å². The zero-order chi connectivity index (χ0) is 25.6. The first-order valence-electron chi connectivity index (χ1n) is 12.4. The topological polar surface area (TPSA) is 76.1 Å². The Labute approximate surface area is 216 Å². The van der Waals surface area contributed by atoms with Crippen molar-refractivity contribution in [1.29, 1.82) is 0 Å². The van der Waals surface area contributed by atoms with Crippen LogP contribution < -0.4 is 0 Å². The first-order valence-corrected chi connectivity index (χ1v) is 12.4. The van der Waals surface area contributed by atoms with Crippen molar-refractivity contribution in [2.75, 3.05) is 13.1 Å². The Hall–Kier alpha value is -4.16. The summed E-state index contributed by atoms with van der Waals surface area (Å²) in [5.74, 6) is -0.335. The zero-order valence-corrected chi connectivity index (χ0v) is 20.5. The van der Waals surface area contributed by atoms with Crippen molar-refractivity contribution in [2.45, 2.75) is 31.7 Å². The second-order valence-corrected chi connectivity index (χ2v) is 9.34. The second kappa shape index (κ2) is 11.3. The number of carbonyl (C=O) groups is 2. The summed E-state index contributed by atoms with van der Waals surface area (Å²) in [5, 5.41) is 11.9. The van der Waals surface area contributed by atoms with Crippen molar-refractivity contribution in [3.8, 4) is 0 Å². The molecule has 4 aromatic carbocycles. The van der Waals surface area contributed by atoms with E-state index in [1.807, 2.05) is 42.5 Å². The van der Waals surface area contributed by atoms with Gasteiger partial charge in [-0.2, -0.15) is 0 Å². The van der Waals surface area contributed by atoms with Crippen LogP contribution in [-0.2, 0) is 22.7 Å². The molecule has 1 aliphatic rings. The Balaban J connectivity index is 1.30. The van der Waals surface area contributed by atoms with E-state index in [0.29, 0.717) is 31.7 Å². The average molecular weight is 496 g/mol. The summed E-state index contributed by atoms with van der Waals surface area (Å²) in [6.07, 6.45) is -0.570. The number of nitrogens with zero attached hydrogens (tertiary/aromatic N) is 1. The van der Waals surface area contributed by atoms with Crippen LogP contribution in [0.1, 0.15) is 39.4 Å². The standard InChI is InChI=1S/C31H29NO5/c33-30(25-9-2-1-3-10-25)37-21-22-7-6-12-27(18-22)28-15-16-32(31(34)35)19-29(28)36-20-23-13-14-24-8-4-5-11-26(24)17-23/h1-14,17-18,28-29H,15-16,19-21H2,(H,34,35). The highest BCUT2D eigenvalue weighted by molar-refractivity contribution is 5.89. The average Bonchev–Trinajstić information content (AvgIpc) is 2.95. The number of esters is 1. The highest BCUT2D eigenvalue weighted by Crippen LogP contribution is 2.32. The van der Waals surface area contributed by atoms with E-state index in [0.717, 1.165) is 22.1 Å². The molecule has 6 nitrogen and oxygen atoms in total. The molecule has 1 heterocycles. The van der Waals surface area contributed by atoms with Gasteiger partial charge < -0.3 is 19.5 Å². The summed E-state index contributed by atoms with van der Waals surface area (Å²) in [4.78, 5) is 25.5. The van der Waals surface area contributed by atoms with Crippen LogP contribution in [0.4, 0.5) is 4.79 Å². The van der Waals surface area contributed by atoms with Crippen molar-refractivity contribution in [3.05, 3.63) is 119 Å². The predicted molar refractivity (Wildman–Crippen MR) is 141 cm³/mol. The van der Waals surface area contributed by atoms with Gasteiger partial charge in [0.25, 0.3) is 0 Å². The fraction of sp³-hybridized carbons (Fsp3) is 0.226. The molecule has 2 unspecified atom stereocenters. The zero-order valence-electron chi connectivity index (χ0n) is 20.5. The SMILES string of the molecule is O=C(OCc1cccc(C2CCN(C(=O)O)CC2OCc2ccc3ccccc3c2)c1)c1ccccc1. The minimum Gasteiger partial charge on any atom is -0.465 e. The third kappa shape index (κ3) is 5.98. The number of rotatable bonds is 7. The van der Waals surface area contributed by atoms with Crippen molar-refractivity contribution < 1.29 is 24.2 Å². The molecule has 1 fully saturated rings. The molecule has 1 amide bonds. The second-order valence-electron chi connectivity index (χ2n) is 9.34. The number of likely N-dealkylation sites (tertiary alicyclic amines) is 1. The van der Waals surface area contributed by atoms with Crippen LogP contribution in [-0.4, -0.2) is 41.3 Å². The van der Waals surface area contributed by atoms with E-state index in [4.69, 9.17) is 9.47 Å². The van der Waals surface area contributed by atoms with E-state index in [1.54, 1.807) is 24.3 Å². The lowest BCUT2D eigenvalue weighted by Crippen LogP contribution is -2.46. The number of carboxylic acid groups (broad SMARTS) is 1. The molecule has 5 rings (SSSR count). The molecule has 1 aliphatic heterocycles. The normalized spacial score (nSPS) is 17.5. The van der Waals surface area contributed by atoms with Gasteiger partial charge in [0.1, 0.15) is 6.61 Å². The van der Waals surface area contributed by atoms with Crippen LogP contribution in [0.15, 0.2) is 97.1 Å². The highest BCUT2D eigenvalue weighted by atomic mass is 16.5. The number of hydrogen-bond donors (Lipinski definition) is 1. The Morgan fingerprint density at radius 3 is 2.38 bits per heavy atom. The van der Waals surface area contributed by atoms with Crippen LogP contribution in [0.2, 0.25) is 0 Å². The van der Waals surface area contributed by atoms with Crippen LogP contribution in [0.3, 0.4) is 0 Å². The van der Waals surface area contributed by atoms with Gasteiger partial charge in [-0.05, 0) is 52.1 Å². The predicted octanol–water partition coefficient (Wildman–Crippen LogP) is 6.25. The molecule has 37 heavy (non-hydrogen) atoms. The van der Waals surface area contributed by atoms with E-state index < -0.39 is 6.09 Å². The third-order valence-electron chi connectivity index (χ3n) is 6.87. The number of fused-ring (bicyclic) bond motifs is 1. The van der Waals surface area contributed by atoms with E-state index in [2.05, 4.69) is 30.3 Å². The van der Waals surface area contributed by atoms with Crippen molar-refractivity contribution in [3.63, 3.8) is 0 Å². The number of hydrogen-bond acceptors (Lipinski definition) is 4. The molecule has 0 aliphatic carbocycles. The van der Waals surface area contributed by atoms with Gasteiger partial charge in [-0.15, -0.1) is 0 Å². The summed E-state index contributed by atoms with van der Waals surface area (Å²) >= 11 is 0. The quantitative estimate of drug-likeness (QED) is 0.307. The Morgan fingerprint density at radius 2 is 1.57 bits per heavy atom. The molecule has 0 radical (unpaired) electrons. The smallest absolute Gasteiger partial charge is 0.407 e. The van der Waals surface area contributed by atoms with Crippen molar-refractivity contribution in [2.24, 2.45) is 0 Å². The van der Waals surface area contributed by atoms with Gasteiger partial charge in [-0.3, -0.25) is 0 Å². The van der Waals surface area contributed by atoms with Gasteiger partial charge >= 0.3 is 12.1 Å². The van der Waals surface area contributed by atoms with Gasteiger partial charge in [-0.25, -0.2) is 9.59 Å². The lowest BCUT2D eigenvalue weighted by Gasteiger charge is -2.37. The van der Waals surface area contributed by atoms with E-state index >= 15 is 0 Å². The molecule has 1 saturated heterocycles. The van der Waals surface area contributed by atoms with Gasteiger partial charge in [-0.1, -0.05) is 78.9 Å². The maximum Gasteiger partial charge on any atom is 0.407 e. The molecule has 188 valence electrons. The number of amides is 1. The molecular formula is C31H29NO5. The number of benzene rings is 4. The highest BCUT2D eigenvalue weighted by Gasteiger charge is 2.33. The lowest BCUT2D eigenvalue weighted by molar-refractivity contribution is -0.0199. The first kappa shape index (κ1) is 24.5. The van der Waals surface area contributed by atoms with Crippen LogP contribution in [0.5, 0.6) is 0 Å². The van der Waals surface area contributed by atoms with Gasteiger partial charge in [0, 0.05) is 12.5 Å². The van der Waals surface area contributed by atoms with Crippen molar-refractivity contribution in [1.82, 2.24) is 4.90 Å². The minimum atomic E-state index is -0.931. The summed E-state index contributed by atoms with van der Waals surface area (Å²) < 4.78 is 11.9. The Bertz CT molecular complexity index is 1390. The first-order chi connectivity index (χ1) is 18.1. The fourth-order valence-electron chi connectivity index (χ4n) is 4.89. The van der Waals surface area contributed by atoms with E-state index in [9.17, 15) is 14.7 Å². The maximum atomic E-state index is 12.4. The minimum absolute atomic E-state index is 0.0285. The van der Waals surface area contributed by atoms with Gasteiger partial charge in [0.2, 0.25) is 0 Å². The van der Waals surface area contributed by atoms with Crippen LogP contribution in [0.25, 0.3) is 10.8 Å².